The molecule has 3 rings (SSSR count). The fourth-order valence-electron chi connectivity index (χ4n) is 3.66. The second kappa shape index (κ2) is 8.88. The number of carbonyl (C=O) groups is 1. The van der Waals surface area contributed by atoms with Crippen LogP contribution in [0.25, 0.3) is 0 Å². The normalized spacial score (nSPS) is 20.2. The van der Waals surface area contributed by atoms with Gasteiger partial charge < -0.3 is 15.8 Å². The van der Waals surface area contributed by atoms with Crippen molar-refractivity contribution in [1.29, 1.82) is 0 Å². The summed E-state index contributed by atoms with van der Waals surface area (Å²) in [5, 5.41) is 3.40. The quantitative estimate of drug-likeness (QED) is 0.376. The molecule has 136 valence electrons. The van der Waals surface area contributed by atoms with Gasteiger partial charge in [-0.05, 0) is 49.9 Å². The van der Waals surface area contributed by atoms with E-state index in [0.29, 0.717) is 23.3 Å². The Hall–Kier alpha value is -2.04. The molecular formula is C20H29N3O2. The van der Waals surface area contributed by atoms with E-state index in [0.717, 1.165) is 25.7 Å². The van der Waals surface area contributed by atoms with Crippen LogP contribution in [0.5, 0.6) is 0 Å². The Labute approximate surface area is 150 Å². The Morgan fingerprint density at radius 2 is 1.56 bits per heavy atom. The zero-order chi connectivity index (χ0) is 17.5. The number of esters is 1. The van der Waals surface area contributed by atoms with Crippen LogP contribution in [-0.2, 0) is 4.74 Å². The standard InChI is InChI=1S/C20H29N3O2/c21-16-13-11-15(12-14-16)19(24)25-20(22-17-7-3-1-4-8-17)23-18-9-5-2-6-10-18/h11-14,17-18H,1-10,21H2,(H,22,23). The molecule has 0 saturated heterocycles. The molecule has 0 radical (unpaired) electrons. The highest BCUT2D eigenvalue weighted by molar-refractivity contribution is 5.98. The van der Waals surface area contributed by atoms with Crippen molar-refractivity contribution in [3.8, 4) is 0 Å². The molecule has 0 unspecified atom stereocenters. The van der Waals surface area contributed by atoms with Crippen LogP contribution in [0, 0.1) is 0 Å². The average Bonchev–Trinajstić information content (AvgIpc) is 2.64. The first-order chi connectivity index (χ1) is 12.2. The summed E-state index contributed by atoms with van der Waals surface area (Å²) in [6.07, 6.45) is 11.8. The SMILES string of the molecule is Nc1ccc(C(=O)OC(=NC2CCCCC2)NC2CCCCC2)cc1. The lowest BCUT2D eigenvalue weighted by Gasteiger charge is -2.25. The number of nitrogens with zero attached hydrogens (tertiary/aromatic N) is 1. The van der Waals surface area contributed by atoms with Crippen molar-refractivity contribution in [2.75, 3.05) is 5.73 Å². The summed E-state index contributed by atoms with van der Waals surface area (Å²) in [5.41, 5.74) is 6.82. The third kappa shape index (κ3) is 5.48. The lowest BCUT2D eigenvalue weighted by Crippen LogP contribution is -2.39. The highest BCUT2D eigenvalue weighted by atomic mass is 16.6. The predicted molar refractivity (Wildman–Crippen MR) is 101 cm³/mol. The van der Waals surface area contributed by atoms with Crippen LogP contribution in [-0.4, -0.2) is 24.1 Å². The van der Waals surface area contributed by atoms with E-state index in [1.807, 2.05) is 0 Å². The van der Waals surface area contributed by atoms with Gasteiger partial charge in [0.2, 0.25) is 0 Å². The van der Waals surface area contributed by atoms with Gasteiger partial charge in [0.1, 0.15) is 0 Å². The molecule has 1 aromatic carbocycles. The summed E-state index contributed by atoms with van der Waals surface area (Å²) in [7, 11) is 0. The van der Waals surface area contributed by atoms with Crippen LogP contribution in [0.4, 0.5) is 5.69 Å². The van der Waals surface area contributed by atoms with E-state index < -0.39 is 0 Å². The number of hydrogen-bond donors (Lipinski definition) is 2. The van der Waals surface area contributed by atoms with Crippen LogP contribution in [0.15, 0.2) is 29.3 Å². The first kappa shape index (κ1) is 17.8. The minimum atomic E-state index is -0.377. The minimum Gasteiger partial charge on any atom is -0.399 e. The molecule has 0 aromatic heterocycles. The van der Waals surface area contributed by atoms with Crippen molar-refractivity contribution in [1.82, 2.24) is 5.32 Å². The van der Waals surface area contributed by atoms with Gasteiger partial charge in [-0.15, -0.1) is 0 Å². The first-order valence-electron chi connectivity index (χ1n) is 9.63. The molecule has 2 fully saturated rings. The molecule has 0 aliphatic heterocycles. The number of ether oxygens (including phenoxy) is 1. The molecule has 0 spiro atoms. The second-order valence-corrected chi connectivity index (χ2v) is 7.22. The van der Waals surface area contributed by atoms with Gasteiger partial charge in [-0.3, -0.25) is 0 Å². The zero-order valence-corrected chi connectivity index (χ0v) is 14.9. The number of nitrogen functional groups attached to an aromatic ring is 1. The summed E-state index contributed by atoms with van der Waals surface area (Å²) in [5.74, 6) is -0.377. The summed E-state index contributed by atoms with van der Waals surface area (Å²) >= 11 is 0. The van der Waals surface area contributed by atoms with Gasteiger partial charge in [-0.25, -0.2) is 9.79 Å². The fourth-order valence-corrected chi connectivity index (χ4v) is 3.66. The minimum absolute atomic E-state index is 0.263. The number of nitrogens with two attached hydrogens (primary N) is 1. The first-order valence-corrected chi connectivity index (χ1v) is 9.63. The maximum absolute atomic E-state index is 12.5. The molecule has 2 aliphatic rings. The predicted octanol–water partition coefficient (Wildman–Crippen LogP) is 4.04. The van der Waals surface area contributed by atoms with Crippen molar-refractivity contribution >= 4 is 17.7 Å². The van der Waals surface area contributed by atoms with Crippen LogP contribution < -0.4 is 11.1 Å². The number of aliphatic imine (C=N–C) groups is 1. The Morgan fingerprint density at radius 3 is 2.20 bits per heavy atom. The molecule has 3 N–H and O–H groups in total. The average molecular weight is 343 g/mol. The summed E-state index contributed by atoms with van der Waals surface area (Å²) in [4.78, 5) is 17.2. The van der Waals surface area contributed by atoms with E-state index in [2.05, 4.69) is 5.32 Å². The number of hydrogen-bond acceptors (Lipinski definition) is 4. The number of anilines is 1. The van der Waals surface area contributed by atoms with E-state index in [1.54, 1.807) is 24.3 Å². The highest BCUT2D eigenvalue weighted by Crippen LogP contribution is 2.21. The smallest absolute Gasteiger partial charge is 0.345 e. The Bertz CT molecular complexity index is 585. The van der Waals surface area contributed by atoms with E-state index in [-0.39, 0.29) is 12.0 Å². The molecule has 0 amide bonds. The van der Waals surface area contributed by atoms with Crippen LogP contribution in [0.2, 0.25) is 0 Å². The van der Waals surface area contributed by atoms with E-state index in [1.165, 1.54) is 38.5 Å². The molecule has 5 nitrogen and oxygen atoms in total. The Kier molecular flexibility index (Phi) is 6.31. The topological polar surface area (TPSA) is 76.7 Å². The lowest BCUT2D eigenvalue weighted by molar-refractivity contribution is 0.0703. The number of rotatable bonds is 3. The Balaban J connectivity index is 1.68. The van der Waals surface area contributed by atoms with Crippen molar-refractivity contribution in [2.45, 2.75) is 76.3 Å². The molecule has 2 saturated carbocycles. The third-order valence-electron chi connectivity index (χ3n) is 5.14. The van der Waals surface area contributed by atoms with E-state index in [4.69, 9.17) is 15.5 Å². The highest BCUT2D eigenvalue weighted by Gasteiger charge is 2.20. The summed E-state index contributed by atoms with van der Waals surface area (Å²) < 4.78 is 5.64. The summed E-state index contributed by atoms with van der Waals surface area (Å²) in [6.45, 7) is 0. The van der Waals surface area contributed by atoms with E-state index >= 15 is 0 Å². The van der Waals surface area contributed by atoms with Crippen molar-refractivity contribution in [3.63, 3.8) is 0 Å². The second-order valence-electron chi connectivity index (χ2n) is 7.22. The van der Waals surface area contributed by atoms with Gasteiger partial charge in [0.25, 0.3) is 6.02 Å². The van der Waals surface area contributed by atoms with Gasteiger partial charge in [0.05, 0.1) is 11.6 Å². The van der Waals surface area contributed by atoms with Crippen molar-refractivity contribution in [3.05, 3.63) is 29.8 Å². The van der Waals surface area contributed by atoms with Gasteiger partial charge in [-0.2, -0.15) is 0 Å². The fraction of sp³-hybridized carbons (Fsp3) is 0.600. The van der Waals surface area contributed by atoms with Gasteiger partial charge in [0, 0.05) is 11.7 Å². The number of nitrogens with one attached hydrogen (secondary N) is 1. The van der Waals surface area contributed by atoms with Gasteiger partial charge in [0.15, 0.2) is 0 Å². The molecule has 25 heavy (non-hydrogen) atoms. The van der Waals surface area contributed by atoms with Crippen LogP contribution in [0.1, 0.15) is 74.6 Å². The molecule has 0 atom stereocenters. The maximum atomic E-state index is 12.5. The maximum Gasteiger partial charge on any atom is 0.345 e. The third-order valence-corrected chi connectivity index (χ3v) is 5.14. The molecule has 0 bridgehead atoms. The van der Waals surface area contributed by atoms with Crippen LogP contribution in [0.3, 0.4) is 0 Å². The monoisotopic (exact) mass is 343 g/mol. The largest absolute Gasteiger partial charge is 0.399 e. The Morgan fingerprint density at radius 1 is 0.960 bits per heavy atom. The van der Waals surface area contributed by atoms with Gasteiger partial charge >= 0.3 is 5.97 Å². The van der Waals surface area contributed by atoms with E-state index in [9.17, 15) is 4.79 Å². The zero-order valence-electron chi connectivity index (χ0n) is 14.9. The van der Waals surface area contributed by atoms with Crippen LogP contribution >= 0.6 is 0 Å². The van der Waals surface area contributed by atoms with Crippen molar-refractivity contribution < 1.29 is 9.53 Å². The molecule has 2 aliphatic carbocycles. The number of carbonyl (C=O) groups excluding carboxylic acids is 1. The van der Waals surface area contributed by atoms with Crippen molar-refractivity contribution in [2.24, 2.45) is 4.99 Å². The number of amidine groups is 1. The number of benzene rings is 1. The molecule has 0 heterocycles. The lowest BCUT2D eigenvalue weighted by atomic mass is 9.95. The molecule has 5 heteroatoms. The molecule has 1 aromatic rings. The molecular weight excluding hydrogens is 314 g/mol. The summed E-state index contributed by atoms with van der Waals surface area (Å²) in [6, 6.07) is 7.83. The van der Waals surface area contributed by atoms with Gasteiger partial charge in [-0.1, -0.05) is 38.5 Å².